The van der Waals surface area contributed by atoms with Crippen LogP contribution < -0.4 is 0 Å². The van der Waals surface area contributed by atoms with Gasteiger partial charge in [0.05, 0.1) is 19.1 Å². The number of esters is 1. The van der Waals surface area contributed by atoms with E-state index >= 15 is 0 Å². The molecule has 174 valence electrons. The number of ether oxygens (including phenoxy) is 1. The van der Waals surface area contributed by atoms with Crippen LogP contribution in [0.1, 0.15) is 30.5 Å². The summed E-state index contributed by atoms with van der Waals surface area (Å²) in [5, 5.41) is 8.86. The summed E-state index contributed by atoms with van der Waals surface area (Å²) in [6, 6.07) is 24.5. The summed E-state index contributed by atoms with van der Waals surface area (Å²) in [4.78, 5) is 18.7. The van der Waals surface area contributed by atoms with Crippen molar-refractivity contribution in [2.45, 2.75) is 33.3 Å². The highest BCUT2D eigenvalue weighted by atomic mass is 16.5. The van der Waals surface area contributed by atoms with Crippen LogP contribution in [0.4, 0.5) is 11.4 Å². The fourth-order valence-electron chi connectivity index (χ4n) is 3.28. The van der Waals surface area contributed by atoms with Gasteiger partial charge in [0.2, 0.25) is 0 Å². The zero-order valence-corrected chi connectivity index (χ0v) is 19.6. The molecule has 0 spiro atoms. The number of hydrogen-bond acceptors (Lipinski definition) is 3. The Bertz CT molecular complexity index is 1130. The molecule has 0 aliphatic rings. The van der Waals surface area contributed by atoms with Gasteiger partial charge < -0.3 is 9.84 Å². The monoisotopic (exact) mass is 454 g/mol. The van der Waals surface area contributed by atoms with Crippen molar-refractivity contribution in [3.8, 4) is 0 Å². The number of benzene rings is 3. The SMILES string of the molecule is [C-]#[N+]c1cccc(C[C@H](C)C(=O)OCc2ccccc2)c1.[C-]#[N+]c1cccc(C[C@H](C)CO)c1. The lowest BCUT2D eigenvalue weighted by Gasteiger charge is -2.12. The maximum atomic E-state index is 12.0. The molecular formula is C29H30N2O3. The largest absolute Gasteiger partial charge is 0.461 e. The fourth-order valence-corrected chi connectivity index (χ4v) is 3.28. The molecule has 5 heteroatoms. The van der Waals surface area contributed by atoms with E-state index in [4.69, 9.17) is 23.0 Å². The molecule has 0 aliphatic heterocycles. The number of hydrogen-bond donors (Lipinski definition) is 1. The molecule has 0 heterocycles. The van der Waals surface area contributed by atoms with Crippen LogP contribution >= 0.6 is 0 Å². The van der Waals surface area contributed by atoms with Gasteiger partial charge in [-0.15, -0.1) is 0 Å². The lowest BCUT2D eigenvalue weighted by molar-refractivity contribution is -0.149. The van der Waals surface area contributed by atoms with Crippen LogP contribution in [-0.2, 0) is 29.0 Å². The Kier molecular flexibility index (Phi) is 11.0. The predicted octanol–water partition coefficient (Wildman–Crippen LogP) is 6.57. The second-order valence-electron chi connectivity index (χ2n) is 8.25. The van der Waals surface area contributed by atoms with Gasteiger partial charge in [-0.2, -0.15) is 0 Å². The summed E-state index contributed by atoms with van der Waals surface area (Å²) in [7, 11) is 0. The van der Waals surface area contributed by atoms with E-state index < -0.39 is 0 Å². The highest BCUT2D eigenvalue weighted by molar-refractivity contribution is 5.72. The van der Waals surface area contributed by atoms with Crippen LogP contribution in [-0.4, -0.2) is 17.7 Å². The Balaban J connectivity index is 0.000000270. The molecule has 3 aromatic carbocycles. The molecule has 1 N–H and O–H groups in total. The van der Waals surface area contributed by atoms with Gasteiger partial charge in [0.25, 0.3) is 0 Å². The molecule has 3 aromatic rings. The molecule has 3 rings (SSSR count). The lowest BCUT2D eigenvalue weighted by atomic mass is 10.0. The average molecular weight is 455 g/mol. The maximum Gasteiger partial charge on any atom is 0.309 e. The van der Waals surface area contributed by atoms with Crippen molar-refractivity contribution in [2.75, 3.05) is 6.61 Å². The van der Waals surface area contributed by atoms with Gasteiger partial charge >= 0.3 is 5.97 Å². The number of carbonyl (C=O) groups is 1. The molecule has 0 amide bonds. The Hall–Kier alpha value is -3.93. The molecule has 0 unspecified atom stereocenters. The van der Waals surface area contributed by atoms with Crippen LogP contribution in [0.3, 0.4) is 0 Å². The van der Waals surface area contributed by atoms with Gasteiger partial charge in [-0.25, -0.2) is 9.69 Å². The first-order chi connectivity index (χ1) is 16.4. The molecule has 0 saturated heterocycles. The molecule has 2 atom stereocenters. The highest BCUT2D eigenvalue weighted by Gasteiger charge is 2.15. The summed E-state index contributed by atoms with van der Waals surface area (Å²) < 4.78 is 5.32. The maximum absolute atomic E-state index is 12.0. The van der Waals surface area contributed by atoms with E-state index in [1.54, 1.807) is 12.1 Å². The molecule has 0 radical (unpaired) electrons. The average Bonchev–Trinajstić information content (AvgIpc) is 2.88. The minimum absolute atomic E-state index is 0.197. The van der Waals surface area contributed by atoms with Crippen LogP contribution in [0.15, 0.2) is 78.9 Å². The number of carbonyl (C=O) groups excluding carboxylic acids is 1. The van der Waals surface area contributed by atoms with Crippen molar-refractivity contribution >= 4 is 17.3 Å². The van der Waals surface area contributed by atoms with Crippen molar-refractivity contribution in [1.82, 2.24) is 0 Å². The van der Waals surface area contributed by atoms with E-state index in [2.05, 4.69) is 9.69 Å². The molecule has 0 aromatic heterocycles. The van der Waals surface area contributed by atoms with E-state index in [-0.39, 0.29) is 24.4 Å². The van der Waals surface area contributed by atoms with Gasteiger partial charge in [-0.05, 0) is 24.3 Å². The Morgan fingerprint density at radius 1 is 0.824 bits per heavy atom. The Labute approximate surface area is 202 Å². The zero-order valence-electron chi connectivity index (χ0n) is 19.6. The lowest BCUT2D eigenvalue weighted by Crippen LogP contribution is -2.17. The molecular weight excluding hydrogens is 424 g/mol. The van der Waals surface area contributed by atoms with Crippen LogP contribution in [0.25, 0.3) is 9.69 Å². The third-order valence-corrected chi connectivity index (χ3v) is 5.14. The summed E-state index contributed by atoms with van der Waals surface area (Å²) in [5.74, 6) is -0.178. The minimum Gasteiger partial charge on any atom is -0.461 e. The van der Waals surface area contributed by atoms with Crippen LogP contribution in [0.2, 0.25) is 0 Å². The highest BCUT2D eigenvalue weighted by Crippen LogP contribution is 2.18. The first kappa shape index (κ1) is 26.3. The second-order valence-corrected chi connectivity index (χ2v) is 8.25. The first-order valence-corrected chi connectivity index (χ1v) is 11.2. The van der Waals surface area contributed by atoms with E-state index in [0.717, 1.165) is 23.1 Å². The van der Waals surface area contributed by atoms with Crippen molar-refractivity contribution in [3.63, 3.8) is 0 Å². The molecule has 0 saturated carbocycles. The van der Waals surface area contributed by atoms with Gasteiger partial charge in [0.1, 0.15) is 6.61 Å². The third kappa shape index (κ3) is 9.28. The minimum atomic E-state index is -0.227. The fraction of sp³-hybridized carbons (Fsp3) is 0.276. The number of nitrogens with zero attached hydrogens (tertiary/aromatic N) is 2. The molecule has 0 aliphatic carbocycles. The van der Waals surface area contributed by atoms with Gasteiger partial charge in [0, 0.05) is 6.61 Å². The van der Waals surface area contributed by atoms with Crippen LogP contribution in [0.5, 0.6) is 0 Å². The summed E-state index contributed by atoms with van der Waals surface area (Å²) in [6.07, 6.45) is 1.41. The number of rotatable bonds is 8. The number of aliphatic hydroxyl groups is 1. The third-order valence-electron chi connectivity index (χ3n) is 5.14. The molecule has 0 bridgehead atoms. The van der Waals surface area contributed by atoms with E-state index in [0.29, 0.717) is 24.4 Å². The van der Waals surface area contributed by atoms with Gasteiger partial charge in [0.15, 0.2) is 11.4 Å². The second kappa shape index (κ2) is 14.3. The molecule has 34 heavy (non-hydrogen) atoms. The normalized spacial score (nSPS) is 11.7. The topological polar surface area (TPSA) is 55.2 Å². The molecule has 0 fully saturated rings. The van der Waals surface area contributed by atoms with Crippen LogP contribution in [0, 0.1) is 25.0 Å². The van der Waals surface area contributed by atoms with Crippen molar-refractivity contribution < 1.29 is 14.6 Å². The Morgan fingerprint density at radius 2 is 1.35 bits per heavy atom. The predicted molar refractivity (Wildman–Crippen MR) is 134 cm³/mol. The van der Waals surface area contributed by atoms with Gasteiger partial charge in [-0.1, -0.05) is 104 Å². The zero-order chi connectivity index (χ0) is 24.8. The quantitative estimate of drug-likeness (QED) is 0.309. The Morgan fingerprint density at radius 3 is 1.88 bits per heavy atom. The first-order valence-electron chi connectivity index (χ1n) is 11.2. The van der Waals surface area contributed by atoms with Gasteiger partial charge in [-0.3, -0.25) is 4.79 Å². The van der Waals surface area contributed by atoms with E-state index in [9.17, 15) is 4.79 Å². The summed E-state index contributed by atoms with van der Waals surface area (Å²) in [5.41, 5.74) is 4.34. The smallest absolute Gasteiger partial charge is 0.309 e. The van der Waals surface area contributed by atoms with Crippen molar-refractivity contribution in [3.05, 3.63) is 118 Å². The molecule has 5 nitrogen and oxygen atoms in total. The van der Waals surface area contributed by atoms with E-state index in [1.807, 2.05) is 80.6 Å². The summed E-state index contributed by atoms with van der Waals surface area (Å²) in [6.45, 7) is 18.2. The van der Waals surface area contributed by atoms with E-state index in [1.165, 1.54) is 0 Å². The standard InChI is InChI=1S/C18H17NO2.C11H13NO/c1-14(11-16-9-6-10-17(12-16)19-2)18(20)21-13-15-7-4-3-5-8-15;1-9(8-13)6-10-4-3-5-11(7-10)12-2/h3-10,12,14H,11,13H2,1H3;3-5,7,9,13H,6,8H2,1H3/t14-;9-/m00/s1. The van der Waals surface area contributed by atoms with Crippen molar-refractivity contribution in [2.24, 2.45) is 11.8 Å². The summed E-state index contributed by atoms with van der Waals surface area (Å²) >= 11 is 0. The number of aliphatic hydroxyl groups excluding tert-OH is 1. The van der Waals surface area contributed by atoms with Crippen molar-refractivity contribution in [1.29, 1.82) is 0 Å².